The van der Waals surface area contributed by atoms with Gasteiger partial charge in [-0.3, -0.25) is 0 Å². The number of para-hydroxylation sites is 1. The minimum absolute atomic E-state index is 0.600. The topological polar surface area (TPSA) is 43.6 Å². The van der Waals surface area contributed by atoms with Crippen LogP contribution >= 0.6 is 11.3 Å². The predicted octanol–water partition coefficient (Wildman–Crippen LogP) is 15.3. The number of rotatable bonds is 7. The molecule has 0 spiro atoms. The van der Waals surface area contributed by atoms with Crippen LogP contribution in [-0.2, 0) is 0 Å². The molecule has 0 saturated heterocycles. The lowest BCUT2D eigenvalue weighted by Gasteiger charge is -2.17. The SMILES string of the molecule is c1ccc(-c2ccc(-c3nc(-c4ccccc4)nc(-c4ccccc4-c4ccccc4)n3)c(-n3c4ccccc4c4ccc(-c5cccc6c5sc5ccccc56)cc43)c2)cc1. The average Bonchev–Trinajstić information content (AvgIpc) is 3.90. The van der Waals surface area contributed by atoms with Crippen LogP contribution in [0.5, 0.6) is 0 Å². The van der Waals surface area contributed by atoms with Gasteiger partial charge in [0.1, 0.15) is 0 Å². The highest BCUT2D eigenvalue weighted by Gasteiger charge is 2.22. The number of thiophene rings is 1. The van der Waals surface area contributed by atoms with Gasteiger partial charge in [0.15, 0.2) is 17.5 Å². The first-order valence-electron chi connectivity index (χ1n) is 20.9. The number of hydrogen-bond donors (Lipinski definition) is 0. The van der Waals surface area contributed by atoms with Crippen LogP contribution in [0.25, 0.3) is 115 Å². The fraction of sp³-hybridized carbons (Fsp3) is 0. The Balaban J connectivity index is 1.14. The Kier molecular flexibility index (Phi) is 8.65. The van der Waals surface area contributed by atoms with Crippen LogP contribution in [-0.4, -0.2) is 19.5 Å². The van der Waals surface area contributed by atoms with Gasteiger partial charge in [-0.25, -0.2) is 15.0 Å². The van der Waals surface area contributed by atoms with Crippen LogP contribution in [0.1, 0.15) is 0 Å². The number of hydrogen-bond acceptors (Lipinski definition) is 4. The average molecular weight is 809 g/mol. The quantitative estimate of drug-likeness (QED) is 0.161. The van der Waals surface area contributed by atoms with Crippen molar-refractivity contribution in [3.63, 3.8) is 0 Å². The molecule has 12 aromatic rings. The van der Waals surface area contributed by atoms with Crippen LogP contribution in [0.2, 0.25) is 0 Å². The lowest BCUT2D eigenvalue weighted by Crippen LogP contribution is -2.04. The number of fused-ring (bicyclic) bond motifs is 6. The Morgan fingerprint density at radius 3 is 1.66 bits per heavy atom. The smallest absolute Gasteiger partial charge is 0.166 e. The molecule has 0 N–H and O–H groups in total. The molecule has 0 fully saturated rings. The standard InChI is InChI=1S/C57H36N4S/c1-4-17-37(18-5-1)40-31-34-49(57-59-55(39-21-8-3-9-22-39)58-56(60-57)48-26-11-10-23-42(48)38-19-6-2-7-20-38)52(35-40)61-50-29-14-12-24-44(50)45-33-32-41(36-51(45)61)43-27-16-28-47-46-25-13-15-30-53(46)62-54(43)47/h1-36H. The van der Waals surface area contributed by atoms with Crippen molar-refractivity contribution in [2.24, 2.45) is 0 Å². The maximum atomic E-state index is 5.40. The molecule has 0 radical (unpaired) electrons. The molecule has 0 aliphatic heterocycles. The van der Waals surface area contributed by atoms with Gasteiger partial charge >= 0.3 is 0 Å². The molecule has 62 heavy (non-hydrogen) atoms. The Morgan fingerprint density at radius 1 is 0.306 bits per heavy atom. The zero-order valence-electron chi connectivity index (χ0n) is 33.5. The number of nitrogens with zero attached hydrogens (tertiary/aromatic N) is 4. The largest absolute Gasteiger partial charge is 0.308 e. The van der Waals surface area contributed by atoms with Gasteiger partial charge in [-0.15, -0.1) is 11.3 Å². The van der Waals surface area contributed by atoms with Crippen molar-refractivity contribution in [1.82, 2.24) is 19.5 Å². The van der Waals surface area contributed by atoms with E-state index >= 15 is 0 Å². The van der Waals surface area contributed by atoms with E-state index in [4.69, 9.17) is 15.0 Å². The molecular weight excluding hydrogens is 773 g/mol. The molecule has 0 bridgehead atoms. The Morgan fingerprint density at radius 2 is 0.871 bits per heavy atom. The molecule has 0 amide bonds. The second-order valence-corrected chi connectivity index (χ2v) is 16.6. The van der Waals surface area contributed by atoms with Gasteiger partial charge in [-0.05, 0) is 63.7 Å². The van der Waals surface area contributed by atoms with Crippen molar-refractivity contribution in [2.45, 2.75) is 0 Å². The second-order valence-electron chi connectivity index (χ2n) is 15.5. The molecule has 0 aliphatic rings. The van der Waals surface area contributed by atoms with Gasteiger partial charge in [-0.1, -0.05) is 188 Å². The highest BCUT2D eigenvalue weighted by atomic mass is 32.1. The summed E-state index contributed by atoms with van der Waals surface area (Å²) in [7, 11) is 0. The summed E-state index contributed by atoms with van der Waals surface area (Å²) < 4.78 is 5.01. The highest BCUT2D eigenvalue weighted by molar-refractivity contribution is 7.26. The van der Waals surface area contributed by atoms with Crippen molar-refractivity contribution in [3.05, 3.63) is 218 Å². The summed E-state index contributed by atoms with van der Waals surface area (Å²) >= 11 is 1.86. The van der Waals surface area contributed by atoms with Gasteiger partial charge in [0.05, 0.1) is 16.7 Å². The van der Waals surface area contributed by atoms with Crippen molar-refractivity contribution in [3.8, 4) is 73.2 Å². The number of aromatic nitrogens is 4. The van der Waals surface area contributed by atoms with Crippen molar-refractivity contribution in [1.29, 1.82) is 0 Å². The Bertz CT molecular complexity index is 3630. The third-order valence-corrected chi connectivity index (χ3v) is 13.1. The van der Waals surface area contributed by atoms with E-state index in [0.717, 1.165) is 55.7 Å². The van der Waals surface area contributed by atoms with Crippen LogP contribution in [0, 0.1) is 0 Å². The van der Waals surface area contributed by atoms with Gasteiger partial charge in [0, 0.05) is 47.6 Å². The van der Waals surface area contributed by atoms with Gasteiger partial charge in [-0.2, -0.15) is 0 Å². The van der Waals surface area contributed by atoms with Crippen LogP contribution in [0.4, 0.5) is 0 Å². The Labute approximate surface area is 362 Å². The molecule has 290 valence electrons. The maximum Gasteiger partial charge on any atom is 0.166 e. The van der Waals surface area contributed by atoms with Crippen molar-refractivity contribution < 1.29 is 0 Å². The monoisotopic (exact) mass is 808 g/mol. The summed E-state index contributed by atoms with van der Waals surface area (Å²) in [5.41, 5.74) is 12.8. The van der Waals surface area contributed by atoms with E-state index < -0.39 is 0 Å². The van der Waals surface area contributed by atoms with Crippen molar-refractivity contribution >= 4 is 53.3 Å². The van der Waals surface area contributed by atoms with Crippen LogP contribution in [0.15, 0.2) is 218 Å². The first-order chi connectivity index (χ1) is 30.7. The molecule has 5 heteroatoms. The highest BCUT2D eigenvalue weighted by Crippen LogP contribution is 2.43. The first-order valence-corrected chi connectivity index (χ1v) is 21.7. The molecule has 0 atom stereocenters. The Hall–Kier alpha value is -7.99. The summed E-state index contributed by atoms with van der Waals surface area (Å²) in [6.07, 6.45) is 0. The van der Waals surface area contributed by atoms with E-state index in [1.807, 2.05) is 35.6 Å². The minimum Gasteiger partial charge on any atom is -0.308 e. The van der Waals surface area contributed by atoms with E-state index in [2.05, 4.69) is 199 Å². The fourth-order valence-electron chi connectivity index (χ4n) is 8.97. The van der Waals surface area contributed by atoms with Crippen LogP contribution < -0.4 is 0 Å². The van der Waals surface area contributed by atoms with Crippen LogP contribution in [0.3, 0.4) is 0 Å². The lowest BCUT2D eigenvalue weighted by molar-refractivity contribution is 1.06. The van der Waals surface area contributed by atoms with E-state index in [9.17, 15) is 0 Å². The molecule has 3 aromatic heterocycles. The molecular formula is C57H36N4S. The second kappa shape index (κ2) is 14.9. The van der Waals surface area contributed by atoms with E-state index in [0.29, 0.717) is 17.5 Å². The molecule has 4 nitrogen and oxygen atoms in total. The van der Waals surface area contributed by atoms with E-state index in [-0.39, 0.29) is 0 Å². The zero-order valence-corrected chi connectivity index (χ0v) is 34.3. The van der Waals surface area contributed by atoms with Crippen molar-refractivity contribution in [2.75, 3.05) is 0 Å². The molecule has 3 heterocycles. The number of benzene rings is 9. The summed E-state index contributed by atoms with van der Waals surface area (Å²) in [4.78, 5) is 15.9. The lowest BCUT2D eigenvalue weighted by atomic mass is 9.99. The molecule has 0 saturated carbocycles. The summed E-state index contributed by atoms with van der Waals surface area (Å²) in [5, 5.41) is 4.95. The van der Waals surface area contributed by atoms with E-state index in [1.165, 1.54) is 42.1 Å². The predicted molar refractivity (Wildman–Crippen MR) is 260 cm³/mol. The normalized spacial score (nSPS) is 11.5. The summed E-state index contributed by atoms with van der Waals surface area (Å²) in [6, 6.07) is 77.5. The zero-order chi connectivity index (χ0) is 41.0. The van der Waals surface area contributed by atoms with Gasteiger partial charge in [0.25, 0.3) is 0 Å². The maximum absolute atomic E-state index is 5.40. The minimum atomic E-state index is 0.600. The molecule has 0 unspecified atom stereocenters. The molecule has 12 rings (SSSR count). The summed E-state index contributed by atoms with van der Waals surface area (Å²) in [5.74, 6) is 1.84. The molecule has 0 aliphatic carbocycles. The van der Waals surface area contributed by atoms with Gasteiger partial charge in [0.2, 0.25) is 0 Å². The fourth-order valence-corrected chi connectivity index (χ4v) is 10.2. The van der Waals surface area contributed by atoms with E-state index in [1.54, 1.807) is 0 Å². The third kappa shape index (κ3) is 6.09. The molecule has 9 aromatic carbocycles. The third-order valence-electron chi connectivity index (χ3n) is 11.9. The summed E-state index contributed by atoms with van der Waals surface area (Å²) in [6.45, 7) is 0. The van der Waals surface area contributed by atoms with Gasteiger partial charge < -0.3 is 4.57 Å². The first kappa shape index (κ1) is 35.9.